The summed E-state index contributed by atoms with van der Waals surface area (Å²) < 4.78 is 0. The maximum Gasteiger partial charge on any atom is 0.0000496 e. The van der Waals surface area contributed by atoms with Gasteiger partial charge in [-0.25, -0.2) is 0 Å². The van der Waals surface area contributed by atoms with Gasteiger partial charge in [-0.15, -0.1) is 0 Å². The van der Waals surface area contributed by atoms with Gasteiger partial charge >= 0.3 is 0 Å². The first-order valence-corrected chi connectivity index (χ1v) is 11.2. The summed E-state index contributed by atoms with van der Waals surface area (Å²) in [7, 11) is 0. The van der Waals surface area contributed by atoms with E-state index in [-0.39, 0.29) is 0 Å². The van der Waals surface area contributed by atoms with Gasteiger partial charge < -0.3 is 0 Å². The molecule has 0 aromatic rings. The van der Waals surface area contributed by atoms with E-state index in [0.717, 1.165) is 35.5 Å². The normalized spacial score (nSPS) is 49.6. The maximum absolute atomic E-state index is 2.89. The Labute approximate surface area is 156 Å². The van der Waals surface area contributed by atoms with Gasteiger partial charge in [0.2, 0.25) is 0 Å². The van der Waals surface area contributed by atoms with E-state index >= 15 is 0 Å². The summed E-state index contributed by atoms with van der Waals surface area (Å²) in [5.74, 6) is 5.15. The number of hydrogen-bond acceptors (Lipinski definition) is 0. The highest BCUT2D eigenvalue weighted by Gasteiger charge is 2.56. The lowest BCUT2D eigenvalue weighted by atomic mass is 9.46. The Morgan fingerprint density at radius 3 is 2.52 bits per heavy atom. The average Bonchev–Trinajstić information content (AvgIpc) is 2.90. The van der Waals surface area contributed by atoms with Crippen LogP contribution < -0.4 is 0 Å². The largest absolute Gasteiger partial charge is 0.0850 e. The quantitative estimate of drug-likeness (QED) is 0.436. The Hall–Kier alpha value is -0.520. The molecule has 0 aromatic carbocycles. The van der Waals surface area contributed by atoms with Gasteiger partial charge in [0.25, 0.3) is 0 Å². The summed E-state index contributed by atoms with van der Waals surface area (Å²) in [4.78, 5) is 0. The molecule has 2 saturated carbocycles. The molecule has 0 saturated heterocycles. The summed E-state index contributed by atoms with van der Waals surface area (Å²) in [5.41, 5.74) is 4.61. The van der Waals surface area contributed by atoms with E-state index in [4.69, 9.17) is 0 Å². The maximum atomic E-state index is 2.89. The molecule has 0 heteroatoms. The first kappa shape index (κ1) is 17.9. The van der Waals surface area contributed by atoms with E-state index in [1.54, 1.807) is 5.57 Å². The van der Waals surface area contributed by atoms with Gasteiger partial charge in [0.15, 0.2) is 0 Å². The Morgan fingerprint density at radius 1 is 1.08 bits per heavy atom. The van der Waals surface area contributed by atoms with E-state index in [2.05, 4.69) is 53.7 Å². The third-order valence-corrected chi connectivity index (χ3v) is 9.42. The minimum Gasteiger partial charge on any atom is -0.0850 e. The van der Waals surface area contributed by atoms with Gasteiger partial charge in [-0.05, 0) is 92.8 Å². The molecule has 4 aliphatic rings. The first-order valence-electron chi connectivity index (χ1n) is 11.2. The zero-order chi connectivity index (χ0) is 18.0. The van der Waals surface area contributed by atoms with Gasteiger partial charge in [-0.3, -0.25) is 0 Å². The fourth-order valence-corrected chi connectivity index (χ4v) is 7.78. The van der Waals surface area contributed by atoms with E-state index < -0.39 is 0 Å². The smallest absolute Gasteiger partial charge is 0.0000496 e. The molecule has 0 bridgehead atoms. The fourth-order valence-electron chi connectivity index (χ4n) is 7.78. The fraction of sp³-hybridized carbons (Fsp3) is 0.840. The van der Waals surface area contributed by atoms with Gasteiger partial charge in [-0.2, -0.15) is 0 Å². The van der Waals surface area contributed by atoms with Crippen LogP contribution in [-0.4, -0.2) is 0 Å². The van der Waals surface area contributed by atoms with Crippen LogP contribution in [-0.2, 0) is 0 Å². The Balaban J connectivity index is 1.83. The molecule has 1 spiro atoms. The highest BCUT2D eigenvalue weighted by molar-refractivity contribution is 5.33. The van der Waals surface area contributed by atoms with Crippen LogP contribution in [0.5, 0.6) is 0 Å². The van der Waals surface area contributed by atoms with Crippen molar-refractivity contribution in [3.8, 4) is 0 Å². The molecule has 1 unspecified atom stereocenters. The van der Waals surface area contributed by atoms with Crippen molar-refractivity contribution in [3.63, 3.8) is 0 Å². The summed E-state index contributed by atoms with van der Waals surface area (Å²) in [6.45, 7) is 15.1. The summed E-state index contributed by atoms with van der Waals surface area (Å²) >= 11 is 0. The minimum atomic E-state index is 0.480. The van der Waals surface area contributed by atoms with Crippen molar-refractivity contribution in [2.24, 2.45) is 46.3 Å². The van der Waals surface area contributed by atoms with E-state index in [1.165, 1.54) is 44.9 Å². The van der Waals surface area contributed by atoms with Crippen LogP contribution in [0.15, 0.2) is 23.3 Å². The summed E-state index contributed by atoms with van der Waals surface area (Å²) in [6.07, 6.45) is 15.4. The van der Waals surface area contributed by atoms with Crippen molar-refractivity contribution in [2.45, 2.75) is 86.5 Å². The molecular weight excluding hydrogens is 300 g/mol. The van der Waals surface area contributed by atoms with Crippen LogP contribution in [0.3, 0.4) is 0 Å². The predicted molar refractivity (Wildman–Crippen MR) is 108 cm³/mol. The number of rotatable bonds is 1. The average molecular weight is 341 g/mol. The van der Waals surface area contributed by atoms with Crippen molar-refractivity contribution in [2.75, 3.05) is 0 Å². The van der Waals surface area contributed by atoms with Crippen molar-refractivity contribution in [1.29, 1.82) is 0 Å². The van der Waals surface area contributed by atoms with Crippen LogP contribution in [0.2, 0.25) is 0 Å². The van der Waals surface area contributed by atoms with Crippen molar-refractivity contribution in [3.05, 3.63) is 23.3 Å². The molecule has 4 aliphatic carbocycles. The molecule has 0 aromatic heterocycles. The lowest BCUT2D eigenvalue weighted by molar-refractivity contribution is -0.0110. The molecule has 0 heterocycles. The zero-order valence-corrected chi connectivity index (χ0v) is 17.6. The molecule has 2 fully saturated rings. The molecule has 7 atom stereocenters. The SMILES string of the molecule is CC1=CCC[C@H](C)[C@@]12CC[C@H](C)[C@H]1C[C@@]3(C)CC[C@H](C(C)C)C3=CC12. The standard InChI is InChI=1S/C25H40/c1-16(2)20-11-12-24(6)15-21-17(3)10-13-25(23(21)14-22(20)24)18(4)8-7-9-19(25)5/h8,14,16-17,19-21,23H,7,9-13,15H2,1-6H3/t17-,19-,20+,21+,23?,24+,25+/m0/s1. The van der Waals surface area contributed by atoms with Crippen LogP contribution in [0.4, 0.5) is 0 Å². The third-order valence-electron chi connectivity index (χ3n) is 9.42. The molecule has 0 amide bonds. The molecule has 0 N–H and O–H groups in total. The molecule has 25 heavy (non-hydrogen) atoms. The van der Waals surface area contributed by atoms with E-state index in [1.807, 2.05) is 5.57 Å². The van der Waals surface area contributed by atoms with Crippen LogP contribution in [0, 0.1) is 46.3 Å². The van der Waals surface area contributed by atoms with Gasteiger partial charge in [0.1, 0.15) is 0 Å². The Morgan fingerprint density at radius 2 is 1.84 bits per heavy atom. The monoisotopic (exact) mass is 340 g/mol. The molecule has 4 rings (SSSR count). The van der Waals surface area contributed by atoms with E-state index in [0.29, 0.717) is 10.8 Å². The predicted octanol–water partition coefficient (Wildman–Crippen LogP) is 7.41. The van der Waals surface area contributed by atoms with Crippen LogP contribution in [0.25, 0.3) is 0 Å². The Kier molecular flexibility index (Phi) is 4.29. The number of allylic oxidation sites excluding steroid dienone is 4. The summed E-state index contributed by atoms with van der Waals surface area (Å²) in [6, 6.07) is 0. The second-order valence-corrected chi connectivity index (χ2v) is 10.9. The summed E-state index contributed by atoms with van der Waals surface area (Å²) in [5, 5.41) is 0. The van der Waals surface area contributed by atoms with Gasteiger partial charge in [0, 0.05) is 5.41 Å². The first-order chi connectivity index (χ1) is 11.8. The topological polar surface area (TPSA) is 0 Å². The second-order valence-electron chi connectivity index (χ2n) is 10.9. The molecule has 0 radical (unpaired) electrons. The molecule has 0 nitrogen and oxygen atoms in total. The molecule has 0 aliphatic heterocycles. The van der Waals surface area contributed by atoms with E-state index in [9.17, 15) is 0 Å². The third kappa shape index (κ3) is 2.45. The van der Waals surface area contributed by atoms with Crippen molar-refractivity contribution in [1.82, 2.24) is 0 Å². The van der Waals surface area contributed by atoms with Gasteiger partial charge in [0.05, 0.1) is 0 Å². The van der Waals surface area contributed by atoms with Gasteiger partial charge in [-0.1, -0.05) is 57.9 Å². The minimum absolute atomic E-state index is 0.480. The number of hydrogen-bond donors (Lipinski definition) is 0. The number of fused-ring (bicyclic) bond motifs is 3. The Bertz CT molecular complexity index is 593. The molecular formula is C25H40. The van der Waals surface area contributed by atoms with Crippen LogP contribution >= 0.6 is 0 Å². The highest BCUT2D eigenvalue weighted by Crippen LogP contribution is 2.66. The lowest BCUT2D eigenvalue weighted by Gasteiger charge is -2.58. The molecule has 140 valence electrons. The lowest BCUT2D eigenvalue weighted by Crippen LogP contribution is -2.50. The van der Waals surface area contributed by atoms with Crippen LogP contribution in [0.1, 0.15) is 86.5 Å². The zero-order valence-electron chi connectivity index (χ0n) is 17.6. The second kappa shape index (κ2) is 6.00. The highest BCUT2D eigenvalue weighted by atomic mass is 14.6. The van der Waals surface area contributed by atoms with Crippen molar-refractivity contribution < 1.29 is 0 Å². The van der Waals surface area contributed by atoms with Crippen molar-refractivity contribution >= 4 is 0 Å².